The van der Waals surface area contributed by atoms with Crippen LogP contribution in [0.25, 0.3) is 6.08 Å². The SMILES string of the molecule is O=C(O)C=Cc1ccsc1C(=O)NCc1ccc(Cl)cc1. The highest BCUT2D eigenvalue weighted by molar-refractivity contribution is 7.12. The molecule has 1 amide bonds. The molecule has 0 saturated heterocycles. The predicted octanol–water partition coefficient (Wildman–Crippen LogP) is 3.43. The normalized spacial score (nSPS) is 10.7. The number of amides is 1. The Bertz CT molecular complexity index is 676. The highest BCUT2D eigenvalue weighted by Crippen LogP contribution is 2.18. The van der Waals surface area contributed by atoms with Crippen LogP contribution in [0.5, 0.6) is 0 Å². The third-order valence-electron chi connectivity index (χ3n) is 2.67. The molecule has 0 saturated carbocycles. The molecule has 108 valence electrons. The van der Waals surface area contributed by atoms with E-state index in [4.69, 9.17) is 16.7 Å². The van der Waals surface area contributed by atoms with Crippen molar-refractivity contribution < 1.29 is 14.7 Å². The van der Waals surface area contributed by atoms with Gasteiger partial charge in [-0.3, -0.25) is 4.79 Å². The smallest absolute Gasteiger partial charge is 0.328 e. The first-order valence-electron chi connectivity index (χ1n) is 6.07. The molecule has 0 aliphatic heterocycles. The van der Waals surface area contributed by atoms with Crippen molar-refractivity contribution in [3.05, 3.63) is 62.8 Å². The molecule has 2 aromatic rings. The summed E-state index contributed by atoms with van der Waals surface area (Å²) in [6, 6.07) is 8.90. The molecule has 0 aliphatic carbocycles. The van der Waals surface area contributed by atoms with Gasteiger partial charge in [0.05, 0.1) is 4.88 Å². The molecule has 1 heterocycles. The zero-order valence-electron chi connectivity index (χ0n) is 10.9. The highest BCUT2D eigenvalue weighted by atomic mass is 35.5. The van der Waals surface area contributed by atoms with E-state index in [0.29, 0.717) is 22.0 Å². The van der Waals surface area contributed by atoms with Crippen LogP contribution in [0, 0.1) is 0 Å². The van der Waals surface area contributed by atoms with Crippen molar-refractivity contribution in [2.75, 3.05) is 0 Å². The molecule has 6 heteroatoms. The molecule has 1 aromatic carbocycles. The first kappa shape index (κ1) is 15.3. The Morgan fingerprint density at radius 3 is 2.62 bits per heavy atom. The van der Waals surface area contributed by atoms with Crippen LogP contribution >= 0.6 is 22.9 Å². The summed E-state index contributed by atoms with van der Waals surface area (Å²) in [7, 11) is 0. The fourth-order valence-electron chi connectivity index (χ4n) is 1.66. The fourth-order valence-corrected chi connectivity index (χ4v) is 2.59. The summed E-state index contributed by atoms with van der Waals surface area (Å²) in [6.45, 7) is 0.385. The van der Waals surface area contributed by atoms with E-state index in [1.54, 1.807) is 23.6 Å². The fraction of sp³-hybridized carbons (Fsp3) is 0.0667. The zero-order valence-corrected chi connectivity index (χ0v) is 12.4. The van der Waals surface area contributed by atoms with E-state index in [1.807, 2.05) is 12.1 Å². The number of benzene rings is 1. The lowest BCUT2D eigenvalue weighted by Crippen LogP contribution is -2.22. The summed E-state index contributed by atoms with van der Waals surface area (Å²) >= 11 is 7.07. The van der Waals surface area contributed by atoms with E-state index in [0.717, 1.165) is 11.6 Å². The van der Waals surface area contributed by atoms with Gasteiger partial charge in [0.15, 0.2) is 0 Å². The molecular formula is C15H12ClNO3S. The second-order valence-electron chi connectivity index (χ2n) is 4.19. The number of carboxylic acids is 1. The molecule has 1 aromatic heterocycles. The van der Waals surface area contributed by atoms with Crippen molar-refractivity contribution >= 4 is 40.9 Å². The van der Waals surface area contributed by atoms with Crippen LogP contribution in [-0.2, 0) is 11.3 Å². The van der Waals surface area contributed by atoms with Crippen LogP contribution < -0.4 is 5.32 Å². The van der Waals surface area contributed by atoms with Gasteiger partial charge in [-0.25, -0.2) is 4.79 Å². The molecule has 4 nitrogen and oxygen atoms in total. The quantitative estimate of drug-likeness (QED) is 0.829. The standard InChI is InChI=1S/C15H12ClNO3S/c16-12-4-1-10(2-5-12)9-17-15(20)14-11(7-8-21-14)3-6-13(18)19/h1-8H,9H2,(H,17,20)(H,18,19). The number of nitrogens with one attached hydrogen (secondary N) is 1. The lowest BCUT2D eigenvalue weighted by molar-refractivity contribution is -0.131. The van der Waals surface area contributed by atoms with Gasteiger partial charge in [0.1, 0.15) is 0 Å². The minimum absolute atomic E-state index is 0.231. The summed E-state index contributed by atoms with van der Waals surface area (Å²) in [5.74, 6) is -1.28. The summed E-state index contributed by atoms with van der Waals surface area (Å²) in [5.41, 5.74) is 1.53. The van der Waals surface area contributed by atoms with E-state index >= 15 is 0 Å². The third-order valence-corrected chi connectivity index (χ3v) is 3.85. The van der Waals surface area contributed by atoms with E-state index < -0.39 is 5.97 Å². The zero-order chi connectivity index (χ0) is 15.2. The number of thiophene rings is 1. The summed E-state index contributed by atoms with van der Waals surface area (Å²) in [4.78, 5) is 23.1. The van der Waals surface area contributed by atoms with Crippen LogP contribution in [-0.4, -0.2) is 17.0 Å². The lowest BCUT2D eigenvalue weighted by Gasteiger charge is -2.05. The van der Waals surface area contributed by atoms with Gasteiger partial charge < -0.3 is 10.4 Å². The molecule has 0 bridgehead atoms. The molecule has 0 radical (unpaired) electrons. The third kappa shape index (κ3) is 4.44. The minimum atomic E-state index is -1.05. The Labute approximate surface area is 130 Å². The topological polar surface area (TPSA) is 66.4 Å². The Hall–Kier alpha value is -2.11. The van der Waals surface area contributed by atoms with E-state index in [9.17, 15) is 9.59 Å². The van der Waals surface area contributed by atoms with Crippen LogP contribution in [0.2, 0.25) is 5.02 Å². The van der Waals surface area contributed by atoms with Crippen molar-refractivity contribution in [2.45, 2.75) is 6.54 Å². The number of halogens is 1. The molecule has 0 spiro atoms. The van der Waals surface area contributed by atoms with Crippen LogP contribution in [0.15, 0.2) is 41.8 Å². The lowest BCUT2D eigenvalue weighted by atomic mass is 10.2. The first-order chi connectivity index (χ1) is 10.1. The Morgan fingerprint density at radius 1 is 1.24 bits per heavy atom. The molecule has 2 rings (SSSR count). The second kappa shape index (κ2) is 7.06. The van der Waals surface area contributed by atoms with Crippen LogP contribution in [0.1, 0.15) is 20.8 Å². The van der Waals surface area contributed by atoms with Crippen LogP contribution in [0.4, 0.5) is 0 Å². The van der Waals surface area contributed by atoms with E-state index in [-0.39, 0.29) is 5.91 Å². The Morgan fingerprint density at radius 2 is 1.95 bits per heavy atom. The molecule has 21 heavy (non-hydrogen) atoms. The number of carbonyl (C=O) groups is 2. The van der Waals surface area contributed by atoms with Gasteiger partial charge in [-0.05, 0) is 40.8 Å². The number of carboxylic acid groups (broad SMARTS) is 1. The van der Waals surface area contributed by atoms with Gasteiger partial charge in [-0.1, -0.05) is 23.7 Å². The number of hydrogen-bond donors (Lipinski definition) is 2. The number of carbonyl (C=O) groups excluding carboxylic acids is 1. The van der Waals surface area contributed by atoms with Crippen molar-refractivity contribution in [1.29, 1.82) is 0 Å². The van der Waals surface area contributed by atoms with Gasteiger partial charge >= 0.3 is 5.97 Å². The average Bonchev–Trinajstić information content (AvgIpc) is 2.92. The average molecular weight is 322 g/mol. The molecule has 2 N–H and O–H groups in total. The summed E-state index contributed by atoms with van der Waals surface area (Å²) in [5, 5.41) is 13.8. The van der Waals surface area contributed by atoms with Gasteiger partial charge in [-0.15, -0.1) is 11.3 Å². The maximum atomic E-state index is 12.1. The maximum absolute atomic E-state index is 12.1. The monoisotopic (exact) mass is 321 g/mol. The number of rotatable bonds is 5. The van der Waals surface area contributed by atoms with Gasteiger partial charge in [0.25, 0.3) is 5.91 Å². The molecule has 0 fully saturated rings. The summed E-state index contributed by atoms with van der Waals surface area (Å²) < 4.78 is 0. The predicted molar refractivity (Wildman–Crippen MR) is 83.6 cm³/mol. The van der Waals surface area contributed by atoms with Crippen LogP contribution in [0.3, 0.4) is 0 Å². The molecule has 0 unspecified atom stereocenters. The number of aliphatic carboxylic acids is 1. The van der Waals surface area contributed by atoms with E-state index in [1.165, 1.54) is 17.4 Å². The number of hydrogen-bond acceptors (Lipinski definition) is 3. The largest absolute Gasteiger partial charge is 0.478 e. The van der Waals surface area contributed by atoms with Gasteiger partial charge in [0.2, 0.25) is 0 Å². The van der Waals surface area contributed by atoms with Crippen molar-refractivity contribution in [3.63, 3.8) is 0 Å². The van der Waals surface area contributed by atoms with Gasteiger partial charge in [0, 0.05) is 17.6 Å². The Kier molecular flexibility index (Phi) is 5.14. The molecule has 0 atom stereocenters. The van der Waals surface area contributed by atoms with Gasteiger partial charge in [-0.2, -0.15) is 0 Å². The van der Waals surface area contributed by atoms with Crippen molar-refractivity contribution in [3.8, 4) is 0 Å². The second-order valence-corrected chi connectivity index (χ2v) is 5.54. The van der Waals surface area contributed by atoms with Crippen molar-refractivity contribution in [1.82, 2.24) is 5.32 Å². The van der Waals surface area contributed by atoms with Crippen molar-refractivity contribution in [2.24, 2.45) is 0 Å². The Balaban J connectivity index is 2.02. The highest BCUT2D eigenvalue weighted by Gasteiger charge is 2.11. The molecule has 0 aliphatic rings. The van der Waals surface area contributed by atoms with E-state index in [2.05, 4.69) is 5.32 Å². The molecular weight excluding hydrogens is 310 g/mol. The maximum Gasteiger partial charge on any atom is 0.328 e. The minimum Gasteiger partial charge on any atom is -0.478 e. The summed E-state index contributed by atoms with van der Waals surface area (Å²) in [6.07, 6.45) is 2.42. The first-order valence-corrected chi connectivity index (χ1v) is 7.33.